The van der Waals surface area contributed by atoms with Crippen molar-refractivity contribution in [1.29, 1.82) is 0 Å². The van der Waals surface area contributed by atoms with E-state index >= 15 is 0 Å². The number of nitrogens with zero attached hydrogens (tertiary/aromatic N) is 6. The average Bonchev–Trinajstić information content (AvgIpc) is 1.57. The van der Waals surface area contributed by atoms with Crippen molar-refractivity contribution in [2.45, 2.75) is 0 Å². The number of benzene rings is 12. The van der Waals surface area contributed by atoms with Gasteiger partial charge in [0.15, 0.2) is 0 Å². The number of aromatic nitrogens is 4. The zero-order valence-corrected chi connectivity index (χ0v) is 45.2. The lowest BCUT2D eigenvalue weighted by molar-refractivity contribution is 0.469. The molecule has 0 spiro atoms. The van der Waals surface area contributed by atoms with Crippen LogP contribution in [0.2, 0.25) is 0 Å². The van der Waals surface area contributed by atoms with E-state index in [-0.39, 0.29) is 13.4 Å². The summed E-state index contributed by atoms with van der Waals surface area (Å²) in [6.45, 7) is -0.524. The highest BCUT2D eigenvalue weighted by Crippen LogP contribution is 2.50. The second-order valence-electron chi connectivity index (χ2n) is 22.0. The standard InChI is InChI=1S/C74H46B2N6O2/c1-8-24-47(25-9-1)66-71-58(75-56-38-22-40-60-69(56)81(73(77-60)48-26-10-2-11-27-48)62-42-54(44-64(83-71)67(62)75)79(50-30-14-4-15-31-50)51-32-16-5-17-33-51)46-59-72(66)84-65-45-55(80(52-34-18-6-19-35-52)53-36-20-7-21-37-53)43-63-68(65)76(59)57-39-23-41-61-70(57)82(63)74(78-61)49-28-12-3-13-29-49/h1-46H. The van der Waals surface area contributed by atoms with Crippen molar-refractivity contribution in [2.75, 3.05) is 9.80 Å². The van der Waals surface area contributed by atoms with Gasteiger partial charge in [0.05, 0.1) is 39.0 Å². The van der Waals surface area contributed by atoms with Gasteiger partial charge in [-0.05, 0) is 111 Å². The van der Waals surface area contributed by atoms with Gasteiger partial charge in [-0.2, -0.15) is 0 Å². The minimum absolute atomic E-state index is 0.262. The number of fused-ring (bicyclic) bond motifs is 8. The molecule has 18 rings (SSSR count). The maximum atomic E-state index is 7.85. The number of hydrogen-bond donors (Lipinski definition) is 0. The molecule has 0 saturated carbocycles. The first kappa shape index (κ1) is 46.6. The Kier molecular flexibility index (Phi) is 10.1. The van der Waals surface area contributed by atoms with Crippen LogP contribution in [0, 0.1) is 0 Å². The molecule has 390 valence electrons. The van der Waals surface area contributed by atoms with Gasteiger partial charge in [0.2, 0.25) is 0 Å². The Morgan fingerprint density at radius 2 is 0.655 bits per heavy atom. The molecule has 2 aromatic heterocycles. The molecule has 8 nitrogen and oxygen atoms in total. The minimum Gasteiger partial charge on any atom is -0.457 e. The van der Waals surface area contributed by atoms with E-state index in [4.69, 9.17) is 19.4 Å². The van der Waals surface area contributed by atoms with E-state index in [9.17, 15) is 0 Å². The van der Waals surface area contributed by atoms with Gasteiger partial charge in [0.25, 0.3) is 13.4 Å². The van der Waals surface area contributed by atoms with Crippen molar-refractivity contribution in [3.8, 4) is 68.3 Å². The van der Waals surface area contributed by atoms with E-state index in [1.807, 2.05) is 0 Å². The van der Waals surface area contributed by atoms with Gasteiger partial charge < -0.3 is 19.3 Å². The summed E-state index contributed by atoms with van der Waals surface area (Å²) < 4.78 is 20.5. The molecule has 0 atom stereocenters. The van der Waals surface area contributed by atoms with Crippen LogP contribution in [-0.4, -0.2) is 32.5 Å². The molecule has 6 heterocycles. The summed E-state index contributed by atoms with van der Waals surface area (Å²) in [5.74, 6) is 4.82. The fourth-order valence-electron chi connectivity index (χ4n) is 14.0. The molecule has 4 aliphatic rings. The first-order chi connectivity index (χ1) is 41.7. The maximum Gasteiger partial charge on any atom is 0.256 e. The van der Waals surface area contributed by atoms with Crippen LogP contribution < -0.4 is 52.1 Å². The van der Waals surface area contributed by atoms with Crippen molar-refractivity contribution >= 4 is 102 Å². The van der Waals surface area contributed by atoms with E-state index in [1.54, 1.807) is 0 Å². The first-order valence-corrected chi connectivity index (χ1v) is 28.6. The number of rotatable bonds is 9. The average molecular weight is 1070 g/mol. The molecule has 14 aromatic rings. The molecular weight excluding hydrogens is 1030 g/mol. The lowest BCUT2D eigenvalue weighted by Crippen LogP contribution is -2.62. The van der Waals surface area contributed by atoms with Crippen molar-refractivity contribution in [3.63, 3.8) is 0 Å². The molecule has 0 saturated heterocycles. The molecule has 0 aliphatic carbocycles. The quantitative estimate of drug-likeness (QED) is 0.134. The molecule has 12 aromatic carbocycles. The van der Waals surface area contributed by atoms with Gasteiger partial charge in [-0.25, -0.2) is 9.97 Å². The van der Waals surface area contributed by atoms with Crippen LogP contribution >= 0.6 is 0 Å². The summed E-state index contributed by atoms with van der Waals surface area (Å²) >= 11 is 0. The Bertz CT molecular complexity index is 4600. The number of anilines is 6. The van der Waals surface area contributed by atoms with E-state index < -0.39 is 0 Å². The predicted molar refractivity (Wildman–Crippen MR) is 344 cm³/mol. The summed E-state index contributed by atoms with van der Waals surface area (Å²) in [6, 6.07) is 99.2. The SMILES string of the molecule is c1ccc(-c2c3c(cc4c2Oc2cc(N(c5ccccc5)c5ccccc5)cc5c2B4c2cccc4nc(-c6ccccc6)n-5c24)B2c4c(cc(N(c5ccccc5)c5ccccc5)cc4-n4c(-c5ccccc5)nc5cccc2c54)O3)cc1. The van der Waals surface area contributed by atoms with Gasteiger partial charge in [0, 0.05) is 57.4 Å². The summed E-state index contributed by atoms with van der Waals surface area (Å²) in [7, 11) is 0. The van der Waals surface area contributed by atoms with Crippen molar-refractivity contribution < 1.29 is 9.47 Å². The lowest BCUT2D eigenvalue weighted by atomic mass is 9.31. The Labute approximate surface area is 485 Å². The molecular formula is C74H46B2N6O2. The first-order valence-electron chi connectivity index (χ1n) is 28.6. The van der Waals surface area contributed by atoms with E-state index in [0.29, 0.717) is 0 Å². The summed E-state index contributed by atoms with van der Waals surface area (Å²) in [6.07, 6.45) is 0. The molecule has 0 amide bonds. The molecule has 0 fully saturated rings. The van der Waals surface area contributed by atoms with Crippen LogP contribution in [0.3, 0.4) is 0 Å². The zero-order valence-electron chi connectivity index (χ0n) is 45.2. The van der Waals surface area contributed by atoms with Crippen LogP contribution in [0.5, 0.6) is 23.0 Å². The second kappa shape index (κ2) is 18.2. The molecule has 4 aliphatic heterocycles. The van der Waals surface area contributed by atoms with Crippen LogP contribution in [0.4, 0.5) is 34.1 Å². The number of imidazole rings is 2. The number of para-hydroxylation sites is 6. The van der Waals surface area contributed by atoms with Crippen LogP contribution in [0.25, 0.3) is 67.3 Å². The Morgan fingerprint density at radius 1 is 0.310 bits per heavy atom. The van der Waals surface area contributed by atoms with E-state index in [2.05, 4.69) is 298 Å². The third kappa shape index (κ3) is 6.85. The molecule has 0 unspecified atom stereocenters. The maximum absolute atomic E-state index is 7.85. The normalized spacial score (nSPS) is 12.7. The topological polar surface area (TPSA) is 60.6 Å². The van der Waals surface area contributed by atoms with Crippen LogP contribution in [-0.2, 0) is 0 Å². The van der Waals surface area contributed by atoms with Gasteiger partial charge >= 0.3 is 0 Å². The smallest absolute Gasteiger partial charge is 0.256 e. The Hall–Kier alpha value is -11.1. The predicted octanol–water partition coefficient (Wildman–Crippen LogP) is 14.2. The molecule has 0 bridgehead atoms. The number of hydrogen-bond acceptors (Lipinski definition) is 6. The van der Waals surface area contributed by atoms with Crippen molar-refractivity contribution in [3.05, 3.63) is 279 Å². The molecule has 84 heavy (non-hydrogen) atoms. The van der Waals surface area contributed by atoms with Crippen LogP contribution in [0.15, 0.2) is 279 Å². The third-order valence-corrected chi connectivity index (χ3v) is 17.3. The molecule has 10 heteroatoms. The fraction of sp³-hybridized carbons (Fsp3) is 0. The second-order valence-corrected chi connectivity index (χ2v) is 22.0. The monoisotopic (exact) mass is 1070 g/mol. The highest BCUT2D eigenvalue weighted by atomic mass is 16.5. The van der Waals surface area contributed by atoms with Gasteiger partial charge in [0.1, 0.15) is 34.6 Å². The number of ether oxygens (including phenoxy) is 2. The lowest BCUT2D eigenvalue weighted by Gasteiger charge is -2.39. The largest absolute Gasteiger partial charge is 0.457 e. The fourth-order valence-corrected chi connectivity index (χ4v) is 14.0. The van der Waals surface area contributed by atoms with Gasteiger partial charge in [-0.3, -0.25) is 9.13 Å². The van der Waals surface area contributed by atoms with Crippen LogP contribution in [0.1, 0.15) is 0 Å². The highest BCUT2D eigenvalue weighted by Gasteiger charge is 2.48. The Balaban J connectivity index is 0.947. The summed E-state index contributed by atoms with van der Waals surface area (Å²) in [5, 5.41) is 0. The highest BCUT2D eigenvalue weighted by molar-refractivity contribution is 7.02. The van der Waals surface area contributed by atoms with Crippen molar-refractivity contribution in [1.82, 2.24) is 19.1 Å². The Morgan fingerprint density at radius 3 is 1.02 bits per heavy atom. The molecule has 0 N–H and O–H groups in total. The van der Waals surface area contributed by atoms with Gasteiger partial charge in [-0.15, -0.1) is 0 Å². The summed E-state index contributed by atoms with van der Waals surface area (Å²) in [5.41, 5.74) is 22.7. The minimum atomic E-state index is -0.262. The zero-order chi connectivity index (χ0) is 55.0. The van der Waals surface area contributed by atoms with Gasteiger partial charge in [-0.1, -0.05) is 194 Å². The van der Waals surface area contributed by atoms with E-state index in [0.717, 1.165) is 157 Å². The summed E-state index contributed by atoms with van der Waals surface area (Å²) in [4.78, 5) is 15.7. The third-order valence-electron chi connectivity index (χ3n) is 17.3. The van der Waals surface area contributed by atoms with Crippen molar-refractivity contribution in [2.24, 2.45) is 0 Å². The van der Waals surface area contributed by atoms with E-state index in [1.165, 1.54) is 0 Å². The molecule has 0 radical (unpaired) electrons.